The van der Waals surface area contributed by atoms with Crippen molar-refractivity contribution >= 4 is 17.3 Å². The summed E-state index contributed by atoms with van der Waals surface area (Å²) in [5.41, 5.74) is 6.66. The molecule has 4 nitrogen and oxygen atoms in total. The Morgan fingerprint density at radius 2 is 2.25 bits per heavy atom. The van der Waals surface area contributed by atoms with Crippen LogP contribution in [0.1, 0.15) is 12.8 Å². The number of rotatable bonds is 3. The van der Waals surface area contributed by atoms with Gasteiger partial charge in [0.1, 0.15) is 0 Å². The van der Waals surface area contributed by atoms with Crippen LogP contribution in [0.2, 0.25) is 5.02 Å². The van der Waals surface area contributed by atoms with Gasteiger partial charge in [-0.15, -0.1) is 0 Å². The van der Waals surface area contributed by atoms with Crippen LogP contribution in [0, 0.1) is 0 Å². The fraction of sp³-hybridized carbons (Fsp3) is 0.545. The minimum absolute atomic E-state index is 0.0940. The van der Waals surface area contributed by atoms with Crippen molar-refractivity contribution in [2.45, 2.75) is 18.4 Å². The lowest BCUT2D eigenvalue weighted by molar-refractivity contribution is 0.0628. The van der Waals surface area contributed by atoms with Gasteiger partial charge >= 0.3 is 0 Å². The first-order chi connectivity index (χ1) is 7.76. The minimum Gasteiger partial charge on any atom is -0.381 e. The quantitative estimate of drug-likeness (QED) is 0.845. The summed E-state index contributed by atoms with van der Waals surface area (Å²) < 4.78 is 5.35. The molecule has 0 radical (unpaired) electrons. The zero-order chi connectivity index (χ0) is 11.4. The monoisotopic (exact) mass is 241 g/mol. The lowest BCUT2D eigenvalue weighted by Gasteiger charge is -2.38. The van der Waals surface area contributed by atoms with E-state index >= 15 is 0 Å². The fourth-order valence-corrected chi connectivity index (χ4v) is 2.07. The predicted molar refractivity (Wildman–Crippen MR) is 64.7 cm³/mol. The van der Waals surface area contributed by atoms with Gasteiger partial charge in [0, 0.05) is 32.2 Å². The number of pyridine rings is 1. The Morgan fingerprint density at radius 1 is 1.50 bits per heavy atom. The first-order valence-corrected chi connectivity index (χ1v) is 5.79. The second-order valence-corrected chi connectivity index (χ2v) is 4.48. The van der Waals surface area contributed by atoms with E-state index in [0.717, 1.165) is 31.7 Å². The maximum atomic E-state index is 6.07. The van der Waals surface area contributed by atoms with E-state index in [2.05, 4.69) is 10.3 Å². The summed E-state index contributed by atoms with van der Waals surface area (Å²) in [6, 6.07) is 1.87. The number of hydrogen-bond acceptors (Lipinski definition) is 4. The Hall–Kier alpha value is -0.840. The Kier molecular flexibility index (Phi) is 3.63. The molecule has 88 valence electrons. The molecule has 0 bridgehead atoms. The maximum Gasteiger partial charge on any atom is 0.0820 e. The zero-order valence-corrected chi connectivity index (χ0v) is 9.83. The molecule has 1 saturated heterocycles. The van der Waals surface area contributed by atoms with Crippen LogP contribution in [0.4, 0.5) is 5.69 Å². The number of anilines is 1. The summed E-state index contributed by atoms with van der Waals surface area (Å²) >= 11 is 6.07. The third kappa shape index (κ3) is 2.45. The summed E-state index contributed by atoms with van der Waals surface area (Å²) in [5, 5.41) is 4.06. The van der Waals surface area contributed by atoms with Crippen LogP contribution in [0.5, 0.6) is 0 Å². The molecule has 2 heterocycles. The van der Waals surface area contributed by atoms with Crippen molar-refractivity contribution in [2.75, 3.05) is 25.1 Å². The van der Waals surface area contributed by atoms with Crippen molar-refractivity contribution in [2.24, 2.45) is 5.73 Å². The summed E-state index contributed by atoms with van der Waals surface area (Å²) in [4.78, 5) is 3.96. The van der Waals surface area contributed by atoms with Crippen molar-refractivity contribution in [3.8, 4) is 0 Å². The van der Waals surface area contributed by atoms with E-state index in [1.54, 1.807) is 12.4 Å². The molecule has 1 aromatic heterocycles. The Morgan fingerprint density at radius 3 is 2.88 bits per heavy atom. The summed E-state index contributed by atoms with van der Waals surface area (Å²) in [5.74, 6) is 0. The van der Waals surface area contributed by atoms with Crippen LogP contribution in [0.25, 0.3) is 0 Å². The number of ether oxygens (including phenoxy) is 1. The molecule has 1 aliphatic heterocycles. The highest BCUT2D eigenvalue weighted by Gasteiger charge is 2.31. The second kappa shape index (κ2) is 4.99. The van der Waals surface area contributed by atoms with Crippen LogP contribution in [0.3, 0.4) is 0 Å². The van der Waals surface area contributed by atoms with Gasteiger partial charge in [-0.05, 0) is 18.9 Å². The molecule has 1 aromatic rings. The molecule has 0 aromatic carbocycles. The standard InChI is InChI=1S/C11H16ClN3O/c12-9-7-14-4-1-10(9)15-11(8-13)2-5-16-6-3-11/h1,4,7H,2-3,5-6,8,13H2,(H,14,15). The van der Waals surface area contributed by atoms with Crippen molar-refractivity contribution < 1.29 is 4.74 Å². The van der Waals surface area contributed by atoms with Gasteiger partial charge in [0.25, 0.3) is 0 Å². The third-order valence-electron chi connectivity index (χ3n) is 3.01. The third-order valence-corrected chi connectivity index (χ3v) is 3.31. The van der Waals surface area contributed by atoms with Gasteiger partial charge in [0.15, 0.2) is 0 Å². The van der Waals surface area contributed by atoms with E-state index in [0.29, 0.717) is 11.6 Å². The molecule has 0 aliphatic carbocycles. The molecule has 1 fully saturated rings. The van der Waals surface area contributed by atoms with E-state index in [1.807, 2.05) is 6.07 Å². The number of hydrogen-bond donors (Lipinski definition) is 2. The molecule has 2 rings (SSSR count). The highest BCUT2D eigenvalue weighted by molar-refractivity contribution is 6.33. The molecule has 0 atom stereocenters. The fourth-order valence-electron chi connectivity index (χ4n) is 1.90. The Bertz CT molecular complexity index is 353. The summed E-state index contributed by atoms with van der Waals surface area (Å²) in [6.45, 7) is 2.06. The van der Waals surface area contributed by atoms with E-state index in [1.165, 1.54) is 0 Å². The average molecular weight is 242 g/mol. The normalized spacial score (nSPS) is 19.4. The van der Waals surface area contributed by atoms with Crippen LogP contribution in [-0.2, 0) is 4.74 Å². The van der Waals surface area contributed by atoms with Crippen molar-refractivity contribution in [3.63, 3.8) is 0 Å². The Labute approximate surface area is 100 Å². The van der Waals surface area contributed by atoms with E-state index in [9.17, 15) is 0 Å². The molecule has 0 unspecified atom stereocenters. The van der Waals surface area contributed by atoms with Crippen LogP contribution >= 0.6 is 11.6 Å². The van der Waals surface area contributed by atoms with Gasteiger partial charge in [0.2, 0.25) is 0 Å². The van der Waals surface area contributed by atoms with Crippen LogP contribution < -0.4 is 11.1 Å². The van der Waals surface area contributed by atoms with Crippen molar-refractivity contribution in [1.82, 2.24) is 4.98 Å². The number of aromatic nitrogens is 1. The van der Waals surface area contributed by atoms with Crippen molar-refractivity contribution in [3.05, 3.63) is 23.5 Å². The molecule has 0 saturated carbocycles. The molecule has 3 N–H and O–H groups in total. The van der Waals surface area contributed by atoms with Gasteiger partial charge in [-0.2, -0.15) is 0 Å². The second-order valence-electron chi connectivity index (χ2n) is 4.08. The lowest BCUT2D eigenvalue weighted by Crippen LogP contribution is -2.49. The number of nitrogens with zero attached hydrogens (tertiary/aromatic N) is 1. The van der Waals surface area contributed by atoms with Gasteiger partial charge in [0.05, 0.1) is 16.2 Å². The minimum atomic E-state index is -0.0940. The molecule has 5 heteroatoms. The number of nitrogens with one attached hydrogen (secondary N) is 1. The van der Waals surface area contributed by atoms with Gasteiger partial charge in [-0.25, -0.2) is 0 Å². The summed E-state index contributed by atoms with van der Waals surface area (Å²) in [6.07, 6.45) is 5.16. The largest absolute Gasteiger partial charge is 0.381 e. The SMILES string of the molecule is NCC1(Nc2ccncc2Cl)CCOCC1. The first kappa shape index (κ1) is 11.6. The molecule has 16 heavy (non-hydrogen) atoms. The van der Waals surface area contributed by atoms with Crippen LogP contribution in [0.15, 0.2) is 18.5 Å². The van der Waals surface area contributed by atoms with E-state index in [4.69, 9.17) is 22.1 Å². The van der Waals surface area contributed by atoms with Gasteiger partial charge in [-0.1, -0.05) is 11.6 Å². The molecule has 0 amide bonds. The van der Waals surface area contributed by atoms with Crippen LogP contribution in [-0.4, -0.2) is 30.3 Å². The molecular weight excluding hydrogens is 226 g/mol. The van der Waals surface area contributed by atoms with E-state index < -0.39 is 0 Å². The highest BCUT2D eigenvalue weighted by atomic mass is 35.5. The smallest absolute Gasteiger partial charge is 0.0820 e. The van der Waals surface area contributed by atoms with Gasteiger partial charge < -0.3 is 15.8 Å². The topological polar surface area (TPSA) is 60.2 Å². The molecule has 0 spiro atoms. The lowest BCUT2D eigenvalue weighted by atomic mass is 9.90. The first-order valence-electron chi connectivity index (χ1n) is 5.41. The molecule has 1 aliphatic rings. The maximum absolute atomic E-state index is 6.07. The van der Waals surface area contributed by atoms with Crippen molar-refractivity contribution in [1.29, 1.82) is 0 Å². The average Bonchev–Trinajstić information content (AvgIpc) is 2.33. The van der Waals surface area contributed by atoms with Gasteiger partial charge in [-0.3, -0.25) is 4.98 Å². The predicted octanol–water partition coefficient (Wildman–Crippen LogP) is 1.65. The van der Waals surface area contributed by atoms with E-state index in [-0.39, 0.29) is 5.54 Å². The summed E-state index contributed by atoms with van der Waals surface area (Å²) in [7, 11) is 0. The molecular formula is C11H16ClN3O. The Balaban J connectivity index is 2.15. The number of halogens is 1. The zero-order valence-electron chi connectivity index (χ0n) is 9.08. The number of nitrogens with two attached hydrogens (primary N) is 1. The highest BCUT2D eigenvalue weighted by Crippen LogP contribution is 2.28.